The van der Waals surface area contributed by atoms with E-state index in [1.54, 1.807) is 0 Å². The molecule has 0 spiro atoms. The van der Waals surface area contributed by atoms with Crippen molar-refractivity contribution in [3.8, 4) is 11.5 Å². The molecule has 28 heavy (non-hydrogen) atoms. The smallest absolute Gasteiger partial charge is 0.231 e. The lowest BCUT2D eigenvalue weighted by molar-refractivity contribution is 0.174. The van der Waals surface area contributed by atoms with Gasteiger partial charge in [-0.05, 0) is 79.0 Å². The van der Waals surface area contributed by atoms with Gasteiger partial charge in [0.15, 0.2) is 11.5 Å². The molecule has 0 aromatic heterocycles. The van der Waals surface area contributed by atoms with E-state index >= 15 is 0 Å². The normalized spacial score (nSPS) is 21.3. The molecule has 0 N–H and O–H groups in total. The number of aliphatic imine (C=N–C) groups is 1. The number of unbranched alkanes of at least 4 members (excludes halogenated alkanes) is 2. The van der Waals surface area contributed by atoms with Crippen LogP contribution in [0.5, 0.6) is 11.5 Å². The van der Waals surface area contributed by atoms with Gasteiger partial charge in [0.2, 0.25) is 6.79 Å². The van der Waals surface area contributed by atoms with Crippen LogP contribution >= 0.6 is 0 Å². The Bertz CT molecular complexity index is 789. The fraction of sp³-hybridized carbons (Fsp3) is 0.480. The Labute approximate surface area is 168 Å². The number of rotatable bonds is 7. The first-order chi connectivity index (χ1) is 13.8. The maximum atomic E-state index is 5.42. The van der Waals surface area contributed by atoms with Crippen molar-refractivity contribution < 1.29 is 9.47 Å². The summed E-state index contributed by atoms with van der Waals surface area (Å²) in [7, 11) is 0. The first-order valence-electron chi connectivity index (χ1n) is 10.9. The summed E-state index contributed by atoms with van der Waals surface area (Å²) in [6, 6.07) is 14.7. The third-order valence-electron chi connectivity index (χ3n) is 6.19. The molecular formula is C25H31NO2. The molecule has 1 fully saturated rings. The van der Waals surface area contributed by atoms with Gasteiger partial charge in [-0.1, -0.05) is 44.7 Å². The molecule has 0 amide bonds. The highest BCUT2D eigenvalue weighted by molar-refractivity contribution is 5.83. The van der Waals surface area contributed by atoms with Gasteiger partial charge in [0, 0.05) is 6.21 Å². The Morgan fingerprint density at radius 2 is 1.71 bits per heavy atom. The van der Waals surface area contributed by atoms with Gasteiger partial charge < -0.3 is 9.47 Å². The van der Waals surface area contributed by atoms with E-state index in [0.29, 0.717) is 6.79 Å². The fourth-order valence-electron chi connectivity index (χ4n) is 4.44. The highest BCUT2D eigenvalue weighted by Gasteiger charge is 2.21. The largest absolute Gasteiger partial charge is 0.454 e. The van der Waals surface area contributed by atoms with E-state index in [1.165, 1.54) is 56.9 Å². The van der Waals surface area contributed by atoms with Crippen molar-refractivity contribution in [2.75, 3.05) is 6.79 Å². The van der Waals surface area contributed by atoms with Gasteiger partial charge in [0.1, 0.15) is 0 Å². The van der Waals surface area contributed by atoms with E-state index in [1.807, 2.05) is 24.4 Å². The average Bonchev–Trinajstić information content (AvgIpc) is 3.21. The van der Waals surface area contributed by atoms with Gasteiger partial charge in [0.05, 0.1) is 5.69 Å². The summed E-state index contributed by atoms with van der Waals surface area (Å²) in [6.45, 7) is 2.60. The standard InChI is InChI=1S/C25H31NO2/c1-2-3-4-5-19-6-9-21(10-7-19)22-11-13-23(14-12-22)26-17-20-8-15-24-25(16-20)28-18-27-24/h8,11-17,19,21H,2-7,9-10,18H2,1H3/b26-17+. The van der Waals surface area contributed by atoms with Crippen LogP contribution in [0.3, 0.4) is 0 Å². The lowest BCUT2D eigenvalue weighted by Gasteiger charge is -2.29. The molecule has 148 valence electrons. The van der Waals surface area contributed by atoms with Gasteiger partial charge in [-0.3, -0.25) is 4.99 Å². The van der Waals surface area contributed by atoms with Crippen LogP contribution in [-0.2, 0) is 0 Å². The zero-order valence-electron chi connectivity index (χ0n) is 16.9. The molecule has 2 aliphatic rings. The van der Waals surface area contributed by atoms with Crippen LogP contribution in [0.15, 0.2) is 47.5 Å². The van der Waals surface area contributed by atoms with Crippen LogP contribution in [-0.4, -0.2) is 13.0 Å². The van der Waals surface area contributed by atoms with Gasteiger partial charge in [-0.2, -0.15) is 0 Å². The molecule has 3 heteroatoms. The van der Waals surface area contributed by atoms with Gasteiger partial charge in [-0.15, -0.1) is 0 Å². The summed E-state index contributed by atoms with van der Waals surface area (Å²) in [6.07, 6.45) is 13.0. The van der Waals surface area contributed by atoms with E-state index in [2.05, 4.69) is 36.2 Å². The number of nitrogens with zero attached hydrogens (tertiary/aromatic N) is 1. The Kier molecular flexibility index (Phi) is 6.31. The predicted molar refractivity (Wildman–Crippen MR) is 115 cm³/mol. The molecule has 1 saturated carbocycles. The molecule has 0 saturated heterocycles. The van der Waals surface area contributed by atoms with Crippen LogP contribution in [0.4, 0.5) is 5.69 Å². The summed E-state index contributed by atoms with van der Waals surface area (Å²) in [5, 5.41) is 0. The third kappa shape index (κ3) is 4.76. The first kappa shape index (κ1) is 19.0. The van der Waals surface area contributed by atoms with Crippen molar-refractivity contribution in [1.82, 2.24) is 0 Å². The predicted octanol–water partition coefficient (Wildman–Crippen LogP) is 7.02. The second-order valence-corrected chi connectivity index (χ2v) is 8.18. The van der Waals surface area contributed by atoms with Crippen LogP contribution < -0.4 is 9.47 Å². The third-order valence-corrected chi connectivity index (χ3v) is 6.19. The second-order valence-electron chi connectivity index (χ2n) is 8.18. The van der Waals surface area contributed by atoms with Gasteiger partial charge in [-0.25, -0.2) is 0 Å². The van der Waals surface area contributed by atoms with Crippen LogP contribution in [0, 0.1) is 5.92 Å². The number of hydrogen-bond acceptors (Lipinski definition) is 3. The van der Waals surface area contributed by atoms with Crippen LogP contribution in [0.2, 0.25) is 0 Å². The molecule has 4 rings (SSSR count). The minimum atomic E-state index is 0.304. The molecular weight excluding hydrogens is 346 g/mol. The minimum Gasteiger partial charge on any atom is -0.454 e. The Hall–Kier alpha value is -2.29. The SMILES string of the molecule is CCCCCC1CCC(c2ccc(/N=C/c3ccc4c(c3)OCO4)cc2)CC1. The molecule has 2 aromatic carbocycles. The zero-order chi connectivity index (χ0) is 19.2. The number of benzene rings is 2. The van der Waals surface area contributed by atoms with E-state index in [0.717, 1.165) is 34.6 Å². The molecule has 1 aliphatic carbocycles. The quantitative estimate of drug-likeness (QED) is 0.383. The molecule has 0 unspecified atom stereocenters. The summed E-state index contributed by atoms with van der Waals surface area (Å²) in [5.41, 5.74) is 3.50. The van der Waals surface area contributed by atoms with Gasteiger partial charge >= 0.3 is 0 Å². The Morgan fingerprint density at radius 1 is 0.929 bits per heavy atom. The summed E-state index contributed by atoms with van der Waals surface area (Å²) in [4.78, 5) is 4.62. The minimum absolute atomic E-state index is 0.304. The fourth-order valence-corrected chi connectivity index (χ4v) is 4.44. The zero-order valence-corrected chi connectivity index (χ0v) is 16.9. The number of fused-ring (bicyclic) bond motifs is 1. The van der Waals surface area contributed by atoms with Crippen molar-refractivity contribution in [2.24, 2.45) is 10.9 Å². The lowest BCUT2D eigenvalue weighted by Crippen LogP contribution is -2.13. The maximum Gasteiger partial charge on any atom is 0.231 e. The highest BCUT2D eigenvalue weighted by atomic mass is 16.7. The van der Waals surface area contributed by atoms with Crippen molar-refractivity contribution in [2.45, 2.75) is 64.2 Å². The average molecular weight is 378 g/mol. The van der Waals surface area contributed by atoms with E-state index < -0.39 is 0 Å². The van der Waals surface area contributed by atoms with Crippen molar-refractivity contribution in [3.63, 3.8) is 0 Å². The maximum absolute atomic E-state index is 5.42. The van der Waals surface area contributed by atoms with Crippen molar-refractivity contribution >= 4 is 11.9 Å². The van der Waals surface area contributed by atoms with Gasteiger partial charge in [0.25, 0.3) is 0 Å². The summed E-state index contributed by atoms with van der Waals surface area (Å²) >= 11 is 0. The molecule has 3 nitrogen and oxygen atoms in total. The molecule has 1 heterocycles. The first-order valence-corrected chi connectivity index (χ1v) is 10.9. The van der Waals surface area contributed by atoms with Crippen molar-refractivity contribution in [1.29, 1.82) is 0 Å². The lowest BCUT2D eigenvalue weighted by atomic mass is 9.77. The Morgan fingerprint density at radius 3 is 2.50 bits per heavy atom. The molecule has 0 radical (unpaired) electrons. The monoisotopic (exact) mass is 377 g/mol. The van der Waals surface area contributed by atoms with E-state index in [-0.39, 0.29) is 0 Å². The summed E-state index contributed by atoms with van der Waals surface area (Å²) < 4.78 is 10.8. The molecule has 2 aromatic rings. The second kappa shape index (κ2) is 9.27. The topological polar surface area (TPSA) is 30.8 Å². The molecule has 0 bridgehead atoms. The Balaban J connectivity index is 1.30. The van der Waals surface area contributed by atoms with Crippen LogP contribution in [0.1, 0.15) is 75.3 Å². The van der Waals surface area contributed by atoms with E-state index in [4.69, 9.17) is 9.47 Å². The highest BCUT2D eigenvalue weighted by Crippen LogP contribution is 2.38. The molecule has 0 atom stereocenters. The number of hydrogen-bond donors (Lipinski definition) is 0. The van der Waals surface area contributed by atoms with E-state index in [9.17, 15) is 0 Å². The summed E-state index contributed by atoms with van der Waals surface area (Å²) in [5.74, 6) is 3.30. The number of ether oxygens (including phenoxy) is 2. The van der Waals surface area contributed by atoms with Crippen LogP contribution in [0.25, 0.3) is 0 Å². The van der Waals surface area contributed by atoms with Crippen molar-refractivity contribution in [3.05, 3.63) is 53.6 Å². The molecule has 1 aliphatic heterocycles.